The summed E-state index contributed by atoms with van der Waals surface area (Å²) in [5.41, 5.74) is 3.04. The van der Waals surface area contributed by atoms with Crippen LogP contribution in [0, 0.1) is 0 Å². The summed E-state index contributed by atoms with van der Waals surface area (Å²) >= 11 is 0. The van der Waals surface area contributed by atoms with Gasteiger partial charge in [0.1, 0.15) is 31.0 Å². The maximum Gasteiger partial charge on any atom is 0.302 e. The lowest BCUT2D eigenvalue weighted by Crippen LogP contribution is -2.62. The predicted octanol–water partition coefficient (Wildman–Crippen LogP) is 6.01. The second-order valence-electron chi connectivity index (χ2n) is 9.93. The van der Waals surface area contributed by atoms with E-state index >= 15 is 0 Å². The molecule has 4 rings (SSSR count). The van der Waals surface area contributed by atoms with Crippen molar-refractivity contribution in [1.29, 1.82) is 0 Å². The third-order valence-corrected chi connectivity index (χ3v) is 6.73. The Hall–Kier alpha value is -3.33. The molecule has 1 fully saturated rings. The number of benzene rings is 3. The Balaban J connectivity index is 1.63. The second-order valence-corrected chi connectivity index (χ2v) is 9.93. The maximum atomic E-state index is 11.8. The first-order chi connectivity index (χ1) is 20.1. The summed E-state index contributed by atoms with van der Waals surface area (Å²) in [6, 6.07) is 29.8. The zero-order chi connectivity index (χ0) is 28.7. The number of allylic oxidation sites excluding steroid dienone is 1. The Bertz CT molecular complexity index is 1160. The van der Waals surface area contributed by atoms with Gasteiger partial charge in [0.25, 0.3) is 0 Å². The minimum absolute atomic E-state index is 0.00207. The first-order valence-electron chi connectivity index (χ1n) is 14.1. The van der Waals surface area contributed by atoms with Gasteiger partial charge in [-0.2, -0.15) is 0 Å². The first-order valence-corrected chi connectivity index (χ1v) is 14.1. The smallest absolute Gasteiger partial charge is 0.302 e. The molecular formula is C34H40O7. The minimum atomic E-state index is -0.763. The fraction of sp³-hybridized carbons (Fsp3) is 0.382. The standard InChI is InChI=1S/C34H40O7/c1-3-4-14-21-36-34-33(40-24-29-19-12-7-13-20-29)32(39-23-28-17-10-6-11-18-28)31(30(41-34)25-37-26(2)35)38-22-27-15-8-5-9-16-27/h3,5-13,15-20,30-34H,1,4,14,21-25H2,2H3/t30-,31-,32+,33-,34?/m1/s1. The van der Waals surface area contributed by atoms with Gasteiger partial charge < -0.3 is 28.4 Å². The molecule has 3 aromatic rings. The zero-order valence-electron chi connectivity index (χ0n) is 23.6. The van der Waals surface area contributed by atoms with E-state index in [4.69, 9.17) is 28.4 Å². The highest BCUT2D eigenvalue weighted by Crippen LogP contribution is 2.31. The minimum Gasteiger partial charge on any atom is -0.463 e. The van der Waals surface area contributed by atoms with Crippen LogP contribution in [0.25, 0.3) is 0 Å². The first kappa shape index (κ1) is 30.6. The van der Waals surface area contributed by atoms with Gasteiger partial charge in [0, 0.05) is 6.92 Å². The number of ether oxygens (including phenoxy) is 6. The molecule has 0 bridgehead atoms. The van der Waals surface area contributed by atoms with Crippen LogP contribution in [0.2, 0.25) is 0 Å². The van der Waals surface area contributed by atoms with Gasteiger partial charge >= 0.3 is 5.97 Å². The van der Waals surface area contributed by atoms with Gasteiger partial charge in [-0.15, -0.1) is 6.58 Å². The van der Waals surface area contributed by atoms with Crippen LogP contribution in [0.4, 0.5) is 0 Å². The summed E-state index contributed by atoms with van der Waals surface area (Å²) in [5, 5.41) is 0. The molecule has 1 saturated heterocycles. The number of carbonyl (C=O) groups is 1. The van der Waals surface area contributed by atoms with Crippen LogP contribution < -0.4 is 0 Å². The maximum absolute atomic E-state index is 11.8. The van der Waals surface area contributed by atoms with E-state index in [1.165, 1.54) is 6.92 Å². The lowest BCUT2D eigenvalue weighted by molar-refractivity contribution is -0.327. The normalized spacial score (nSPS) is 22.2. The molecule has 0 amide bonds. The van der Waals surface area contributed by atoms with E-state index in [9.17, 15) is 4.79 Å². The Kier molecular flexibility index (Phi) is 12.6. The molecule has 0 saturated carbocycles. The van der Waals surface area contributed by atoms with Crippen molar-refractivity contribution in [3.05, 3.63) is 120 Å². The lowest BCUT2D eigenvalue weighted by atomic mass is 9.97. The quantitative estimate of drug-likeness (QED) is 0.121. The van der Waals surface area contributed by atoms with Crippen LogP contribution >= 0.6 is 0 Å². The fourth-order valence-corrected chi connectivity index (χ4v) is 4.64. The third kappa shape index (κ3) is 9.92. The summed E-state index contributed by atoms with van der Waals surface area (Å²) in [5.74, 6) is -0.400. The summed E-state index contributed by atoms with van der Waals surface area (Å²) in [4.78, 5) is 11.8. The van der Waals surface area contributed by atoms with Crippen LogP contribution in [0.3, 0.4) is 0 Å². The molecule has 3 aromatic carbocycles. The van der Waals surface area contributed by atoms with Crippen LogP contribution in [0.5, 0.6) is 0 Å². The molecule has 0 radical (unpaired) electrons. The molecule has 0 aliphatic carbocycles. The van der Waals surface area contributed by atoms with Crippen LogP contribution in [-0.4, -0.2) is 49.9 Å². The van der Waals surface area contributed by atoms with Gasteiger partial charge in [0.15, 0.2) is 6.29 Å². The zero-order valence-corrected chi connectivity index (χ0v) is 23.6. The highest BCUT2D eigenvalue weighted by Gasteiger charge is 2.49. The summed E-state index contributed by atoms with van der Waals surface area (Å²) in [6.07, 6.45) is 0.260. The number of rotatable bonds is 16. The van der Waals surface area contributed by atoms with Gasteiger partial charge in [0.2, 0.25) is 0 Å². The van der Waals surface area contributed by atoms with E-state index in [0.29, 0.717) is 26.4 Å². The molecule has 1 aliphatic heterocycles. The molecule has 41 heavy (non-hydrogen) atoms. The van der Waals surface area contributed by atoms with Gasteiger partial charge in [-0.3, -0.25) is 4.79 Å². The number of hydrogen-bond acceptors (Lipinski definition) is 7. The molecule has 1 unspecified atom stereocenters. The Morgan fingerprint density at radius 1 is 0.732 bits per heavy atom. The molecule has 218 valence electrons. The van der Waals surface area contributed by atoms with E-state index in [1.54, 1.807) is 0 Å². The highest BCUT2D eigenvalue weighted by atomic mass is 16.7. The predicted molar refractivity (Wildman–Crippen MR) is 156 cm³/mol. The average Bonchev–Trinajstić information content (AvgIpc) is 3.01. The van der Waals surface area contributed by atoms with Crippen molar-refractivity contribution in [3.63, 3.8) is 0 Å². The van der Waals surface area contributed by atoms with E-state index in [2.05, 4.69) is 6.58 Å². The van der Waals surface area contributed by atoms with Crippen LogP contribution in [0.1, 0.15) is 36.5 Å². The van der Waals surface area contributed by atoms with Gasteiger partial charge in [-0.05, 0) is 29.5 Å². The van der Waals surface area contributed by atoms with E-state index in [1.807, 2.05) is 97.1 Å². The Labute approximate surface area is 243 Å². The summed E-state index contributed by atoms with van der Waals surface area (Å²) < 4.78 is 37.7. The molecule has 1 aliphatic rings. The Morgan fingerprint density at radius 2 is 1.22 bits per heavy atom. The van der Waals surface area contributed by atoms with E-state index in [0.717, 1.165) is 29.5 Å². The van der Waals surface area contributed by atoms with Crippen LogP contribution in [-0.2, 0) is 53.0 Å². The molecule has 7 heteroatoms. The van der Waals surface area contributed by atoms with Crippen molar-refractivity contribution in [3.8, 4) is 0 Å². The summed E-state index contributed by atoms with van der Waals surface area (Å²) in [6.45, 7) is 6.63. The molecule has 0 aromatic heterocycles. The number of unbranched alkanes of at least 4 members (excludes halogenated alkanes) is 1. The molecule has 0 spiro atoms. The molecule has 7 nitrogen and oxygen atoms in total. The van der Waals surface area contributed by atoms with Crippen molar-refractivity contribution in [2.45, 2.75) is 70.3 Å². The van der Waals surface area contributed by atoms with E-state index in [-0.39, 0.29) is 6.61 Å². The average molecular weight is 561 g/mol. The highest BCUT2D eigenvalue weighted by molar-refractivity contribution is 5.65. The van der Waals surface area contributed by atoms with Gasteiger partial charge in [-0.25, -0.2) is 0 Å². The molecule has 5 atom stereocenters. The van der Waals surface area contributed by atoms with Crippen molar-refractivity contribution in [2.24, 2.45) is 0 Å². The molecular weight excluding hydrogens is 520 g/mol. The van der Waals surface area contributed by atoms with Gasteiger partial charge in [0.05, 0.1) is 26.4 Å². The third-order valence-electron chi connectivity index (χ3n) is 6.73. The van der Waals surface area contributed by atoms with Crippen LogP contribution in [0.15, 0.2) is 104 Å². The van der Waals surface area contributed by atoms with Crippen molar-refractivity contribution < 1.29 is 33.2 Å². The monoisotopic (exact) mass is 560 g/mol. The lowest BCUT2D eigenvalue weighted by Gasteiger charge is -2.45. The second kappa shape index (κ2) is 16.8. The fourth-order valence-electron chi connectivity index (χ4n) is 4.64. The topological polar surface area (TPSA) is 72.5 Å². The SMILES string of the molecule is C=CCCCOC1O[C@H](COC(C)=O)[C@@H](OCc2ccccc2)[C@H](OCc2ccccc2)[C@H]1OCc1ccccc1. The molecule has 1 heterocycles. The largest absolute Gasteiger partial charge is 0.463 e. The molecule has 0 N–H and O–H groups in total. The number of esters is 1. The van der Waals surface area contributed by atoms with Crippen molar-refractivity contribution in [1.82, 2.24) is 0 Å². The number of carbonyl (C=O) groups excluding carboxylic acids is 1. The number of hydrogen-bond donors (Lipinski definition) is 0. The van der Waals surface area contributed by atoms with Crippen molar-refractivity contribution in [2.75, 3.05) is 13.2 Å². The van der Waals surface area contributed by atoms with Gasteiger partial charge in [-0.1, -0.05) is 97.1 Å². The van der Waals surface area contributed by atoms with Crippen molar-refractivity contribution >= 4 is 5.97 Å². The Morgan fingerprint density at radius 3 is 1.71 bits per heavy atom. The van der Waals surface area contributed by atoms with E-state index < -0.39 is 36.7 Å². The summed E-state index contributed by atoms with van der Waals surface area (Å²) in [7, 11) is 0.